The van der Waals surface area contributed by atoms with E-state index in [0.717, 1.165) is 30.1 Å². The molecule has 2 amide bonds. The third-order valence-corrected chi connectivity index (χ3v) is 6.51. The predicted molar refractivity (Wildman–Crippen MR) is 117 cm³/mol. The number of benzene rings is 2. The van der Waals surface area contributed by atoms with E-state index in [4.69, 9.17) is 9.47 Å². The Hall–Kier alpha value is -2.51. The number of para-hydroxylation sites is 2. The summed E-state index contributed by atoms with van der Waals surface area (Å²) in [5.41, 5.74) is 1.32. The van der Waals surface area contributed by atoms with E-state index in [-0.39, 0.29) is 24.5 Å². The van der Waals surface area contributed by atoms with Crippen LogP contribution in [0.15, 0.2) is 53.4 Å². The molecule has 2 heterocycles. The van der Waals surface area contributed by atoms with Gasteiger partial charge in [0.05, 0.1) is 23.9 Å². The summed E-state index contributed by atoms with van der Waals surface area (Å²) < 4.78 is 11.6. The van der Waals surface area contributed by atoms with Gasteiger partial charge in [0.25, 0.3) is 11.8 Å². The van der Waals surface area contributed by atoms with Gasteiger partial charge in [0.2, 0.25) is 0 Å². The molecule has 2 aromatic rings. The minimum Gasteiger partial charge on any atom is -0.476 e. The highest BCUT2D eigenvalue weighted by atomic mass is 32.2. The van der Waals surface area contributed by atoms with E-state index >= 15 is 0 Å². The predicted octanol–water partition coefficient (Wildman–Crippen LogP) is 3.45. The Morgan fingerprint density at radius 1 is 1.13 bits per heavy atom. The van der Waals surface area contributed by atoms with Crippen LogP contribution in [0.1, 0.15) is 23.2 Å². The number of fused-ring (bicyclic) bond motifs is 1. The Morgan fingerprint density at radius 3 is 2.67 bits per heavy atom. The fraction of sp³-hybridized carbons (Fsp3) is 0.391. The van der Waals surface area contributed by atoms with E-state index in [1.54, 1.807) is 36.8 Å². The summed E-state index contributed by atoms with van der Waals surface area (Å²) in [7, 11) is 3.38. The van der Waals surface area contributed by atoms with Crippen molar-refractivity contribution in [1.82, 2.24) is 4.90 Å². The third-order valence-electron chi connectivity index (χ3n) is 5.30. The number of ether oxygens (including phenoxy) is 2. The first-order valence-corrected chi connectivity index (χ1v) is 11.2. The Morgan fingerprint density at radius 2 is 1.90 bits per heavy atom. The molecule has 0 saturated carbocycles. The lowest BCUT2D eigenvalue weighted by Crippen LogP contribution is -2.50. The van der Waals surface area contributed by atoms with Gasteiger partial charge in [-0.2, -0.15) is 0 Å². The summed E-state index contributed by atoms with van der Waals surface area (Å²) in [6, 6.07) is 15.0. The molecule has 1 saturated heterocycles. The van der Waals surface area contributed by atoms with Crippen molar-refractivity contribution in [1.29, 1.82) is 0 Å². The molecule has 2 aliphatic rings. The molecular formula is C23H26N2O4S. The number of rotatable bonds is 5. The van der Waals surface area contributed by atoms with Gasteiger partial charge >= 0.3 is 0 Å². The van der Waals surface area contributed by atoms with Gasteiger partial charge in [0.15, 0.2) is 6.10 Å². The number of carbonyl (C=O) groups excluding carboxylic acids is 2. The molecule has 2 aliphatic heterocycles. The number of likely N-dealkylation sites (N-methyl/N-ethyl adjacent to an activating group) is 1. The molecule has 0 radical (unpaired) electrons. The van der Waals surface area contributed by atoms with Crippen molar-refractivity contribution < 1.29 is 19.1 Å². The summed E-state index contributed by atoms with van der Waals surface area (Å²) in [6.45, 7) is 0.995. The van der Waals surface area contributed by atoms with Crippen molar-refractivity contribution in [3.05, 3.63) is 54.1 Å². The van der Waals surface area contributed by atoms with Gasteiger partial charge in [-0.05, 0) is 37.1 Å². The summed E-state index contributed by atoms with van der Waals surface area (Å²) in [5.74, 6) is 1.08. The molecule has 0 spiro atoms. The zero-order chi connectivity index (χ0) is 21.1. The van der Waals surface area contributed by atoms with E-state index < -0.39 is 6.10 Å². The second kappa shape index (κ2) is 9.10. The van der Waals surface area contributed by atoms with Crippen molar-refractivity contribution in [2.24, 2.45) is 0 Å². The van der Waals surface area contributed by atoms with Crippen molar-refractivity contribution in [3.63, 3.8) is 0 Å². The average molecular weight is 427 g/mol. The van der Waals surface area contributed by atoms with Crippen LogP contribution in [-0.4, -0.2) is 61.9 Å². The van der Waals surface area contributed by atoms with Crippen molar-refractivity contribution in [2.45, 2.75) is 29.9 Å². The average Bonchev–Trinajstić information content (AvgIpc) is 3.29. The SMILES string of the molecule is CN(C)C(=O)[C@H]1CN(C(=O)c2ccccc2SC[C@@H]2CCCO2)c2ccccc2O1. The topological polar surface area (TPSA) is 59.1 Å². The van der Waals surface area contributed by atoms with Gasteiger partial charge in [0.1, 0.15) is 5.75 Å². The minimum absolute atomic E-state index is 0.127. The molecule has 7 heteroatoms. The number of hydrogen-bond donors (Lipinski definition) is 0. The van der Waals surface area contributed by atoms with Gasteiger partial charge in [-0.25, -0.2) is 0 Å². The van der Waals surface area contributed by atoms with E-state index in [1.807, 2.05) is 42.5 Å². The van der Waals surface area contributed by atoms with Crippen LogP contribution in [0.5, 0.6) is 5.75 Å². The summed E-state index contributed by atoms with van der Waals surface area (Å²) in [4.78, 5) is 30.3. The van der Waals surface area contributed by atoms with Crippen LogP contribution in [0.3, 0.4) is 0 Å². The van der Waals surface area contributed by atoms with Crippen LogP contribution >= 0.6 is 11.8 Å². The van der Waals surface area contributed by atoms with E-state index in [0.29, 0.717) is 17.0 Å². The number of amides is 2. The number of anilines is 1. The van der Waals surface area contributed by atoms with Crippen molar-refractivity contribution in [2.75, 3.05) is 37.9 Å². The highest BCUT2D eigenvalue weighted by Crippen LogP contribution is 2.36. The van der Waals surface area contributed by atoms with Crippen LogP contribution in [-0.2, 0) is 9.53 Å². The molecule has 158 valence electrons. The number of carbonyl (C=O) groups is 2. The van der Waals surface area contributed by atoms with Gasteiger partial charge in [-0.1, -0.05) is 24.3 Å². The molecule has 0 bridgehead atoms. The summed E-state index contributed by atoms with van der Waals surface area (Å²) in [5, 5.41) is 0. The number of hydrogen-bond acceptors (Lipinski definition) is 5. The number of thioether (sulfide) groups is 1. The normalized spacial score (nSPS) is 20.4. The van der Waals surface area contributed by atoms with Gasteiger partial charge < -0.3 is 19.3 Å². The quantitative estimate of drug-likeness (QED) is 0.686. The van der Waals surface area contributed by atoms with E-state index in [1.165, 1.54) is 4.90 Å². The molecule has 6 nitrogen and oxygen atoms in total. The zero-order valence-corrected chi connectivity index (χ0v) is 18.1. The smallest absolute Gasteiger partial charge is 0.265 e. The largest absolute Gasteiger partial charge is 0.476 e. The molecule has 0 N–H and O–H groups in total. The maximum Gasteiger partial charge on any atom is 0.265 e. The van der Waals surface area contributed by atoms with Crippen LogP contribution in [0.2, 0.25) is 0 Å². The lowest BCUT2D eigenvalue weighted by molar-refractivity contribution is -0.135. The van der Waals surface area contributed by atoms with E-state index in [9.17, 15) is 9.59 Å². The Kier molecular flexibility index (Phi) is 6.29. The molecule has 0 unspecified atom stereocenters. The molecular weight excluding hydrogens is 400 g/mol. The molecule has 4 rings (SSSR count). The van der Waals surface area contributed by atoms with Crippen LogP contribution in [0, 0.1) is 0 Å². The maximum atomic E-state index is 13.6. The van der Waals surface area contributed by atoms with Gasteiger partial charge in [-0.15, -0.1) is 11.8 Å². The molecule has 2 atom stereocenters. The van der Waals surface area contributed by atoms with Crippen molar-refractivity contribution >= 4 is 29.3 Å². The maximum absolute atomic E-state index is 13.6. The summed E-state index contributed by atoms with van der Waals surface area (Å²) >= 11 is 1.65. The fourth-order valence-corrected chi connectivity index (χ4v) is 4.83. The van der Waals surface area contributed by atoms with E-state index in [2.05, 4.69) is 0 Å². The van der Waals surface area contributed by atoms with Gasteiger partial charge in [0, 0.05) is 31.4 Å². The highest BCUT2D eigenvalue weighted by molar-refractivity contribution is 7.99. The van der Waals surface area contributed by atoms with Crippen LogP contribution in [0.25, 0.3) is 0 Å². The summed E-state index contributed by atoms with van der Waals surface area (Å²) in [6.07, 6.45) is 1.67. The van der Waals surface area contributed by atoms with Gasteiger partial charge in [-0.3, -0.25) is 9.59 Å². The second-order valence-corrected chi connectivity index (χ2v) is 8.73. The highest BCUT2D eigenvalue weighted by Gasteiger charge is 2.35. The minimum atomic E-state index is -0.731. The first kappa shape index (κ1) is 20.8. The lowest BCUT2D eigenvalue weighted by Gasteiger charge is -2.35. The molecule has 30 heavy (non-hydrogen) atoms. The number of nitrogens with zero attached hydrogens (tertiary/aromatic N) is 2. The first-order valence-electron chi connectivity index (χ1n) is 10.2. The van der Waals surface area contributed by atoms with Crippen LogP contribution in [0.4, 0.5) is 5.69 Å². The Balaban J connectivity index is 1.61. The molecule has 0 aliphatic carbocycles. The van der Waals surface area contributed by atoms with Crippen molar-refractivity contribution in [3.8, 4) is 5.75 Å². The third kappa shape index (κ3) is 4.32. The Bertz CT molecular complexity index is 927. The first-order chi connectivity index (χ1) is 14.5. The zero-order valence-electron chi connectivity index (χ0n) is 17.2. The van der Waals surface area contributed by atoms with Crippen LogP contribution < -0.4 is 9.64 Å². The molecule has 1 fully saturated rings. The molecule has 0 aromatic heterocycles. The monoisotopic (exact) mass is 426 g/mol. The standard InChI is InChI=1S/C23H26N2O4S/c1-24(2)23(27)20-14-25(18-10-4-5-11-19(18)29-20)22(26)17-9-3-6-12-21(17)30-15-16-8-7-13-28-16/h3-6,9-12,16,20H,7-8,13-15H2,1-2H3/t16-,20+/m0/s1. The fourth-order valence-electron chi connectivity index (χ4n) is 3.72. The molecule has 2 aromatic carbocycles. The lowest BCUT2D eigenvalue weighted by atomic mass is 10.1. The second-order valence-electron chi connectivity index (χ2n) is 7.66. The Labute approximate surface area is 181 Å².